The third kappa shape index (κ3) is 4.03. The van der Waals surface area contributed by atoms with Crippen LogP contribution in [0.1, 0.15) is 46.2 Å². The summed E-state index contributed by atoms with van der Waals surface area (Å²) in [5.41, 5.74) is -3.76. The highest BCUT2D eigenvalue weighted by molar-refractivity contribution is 5.43. The summed E-state index contributed by atoms with van der Waals surface area (Å²) < 4.78 is 92.5. The van der Waals surface area contributed by atoms with E-state index in [1.165, 1.54) is 13.8 Å². The minimum atomic E-state index is -6.11. The number of rotatable bonds is 4. The SMILES string of the molecule is Cc1ccc(C(C)Cc2c(C)cc(C(F)(C(F)(F)F)C(F)(F)F)cc2C)cc1. The van der Waals surface area contributed by atoms with E-state index in [9.17, 15) is 30.7 Å². The molecule has 0 aliphatic carbocycles. The Bertz CT molecular complexity index is 792. The molecule has 1 atom stereocenters. The van der Waals surface area contributed by atoms with E-state index in [-0.39, 0.29) is 17.0 Å². The van der Waals surface area contributed by atoms with Gasteiger partial charge in [-0.15, -0.1) is 0 Å². The van der Waals surface area contributed by atoms with Gasteiger partial charge in [0.2, 0.25) is 0 Å². The molecule has 2 aromatic carbocycles. The lowest BCUT2D eigenvalue weighted by Crippen LogP contribution is -2.50. The Morgan fingerprint density at radius 2 is 1.18 bits per heavy atom. The Morgan fingerprint density at radius 1 is 0.750 bits per heavy atom. The van der Waals surface area contributed by atoms with Gasteiger partial charge in [-0.2, -0.15) is 26.3 Å². The molecule has 0 saturated carbocycles. The van der Waals surface area contributed by atoms with Crippen molar-refractivity contribution >= 4 is 0 Å². The molecule has 7 heteroatoms. The average Bonchev–Trinajstić information content (AvgIpc) is 2.55. The standard InChI is InChI=1S/C21H21F7/c1-12-5-7-16(8-6-12)13(2)11-18-14(3)9-17(10-15(18)4)19(22,20(23,24)25)21(26,27)28/h5-10,13H,11H2,1-4H3. The van der Waals surface area contributed by atoms with Gasteiger partial charge in [0, 0.05) is 5.56 Å². The molecule has 0 spiro atoms. The molecule has 0 N–H and O–H groups in total. The first-order chi connectivity index (χ1) is 12.7. The highest BCUT2D eigenvalue weighted by Crippen LogP contribution is 2.53. The molecule has 0 fully saturated rings. The minimum Gasteiger partial charge on any atom is -0.218 e. The lowest BCUT2D eigenvalue weighted by atomic mass is 9.85. The van der Waals surface area contributed by atoms with Crippen molar-refractivity contribution < 1.29 is 30.7 Å². The number of halogens is 7. The minimum absolute atomic E-state index is 0.00999. The van der Waals surface area contributed by atoms with Gasteiger partial charge in [0.25, 0.3) is 0 Å². The van der Waals surface area contributed by atoms with Crippen LogP contribution in [0.15, 0.2) is 36.4 Å². The number of hydrogen-bond acceptors (Lipinski definition) is 0. The van der Waals surface area contributed by atoms with Gasteiger partial charge in [-0.05, 0) is 55.4 Å². The van der Waals surface area contributed by atoms with Gasteiger partial charge in [-0.3, -0.25) is 0 Å². The lowest BCUT2D eigenvalue weighted by molar-refractivity contribution is -0.348. The van der Waals surface area contributed by atoms with Crippen LogP contribution < -0.4 is 0 Å². The predicted molar refractivity (Wildman–Crippen MR) is 94.1 cm³/mol. The zero-order valence-electron chi connectivity index (χ0n) is 15.9. The first-order valence-corrected chi connectivity index (χ1v) is 8.68. The number of alkyl halides is 7. The van der Waals surface area contributed by atoms with E-state index in [0.717, 1.165) is 11.1 Å². The number of aryl methyl sites for hydroxylation is 3. The number of hydrogen-bond donors (Lipinski definition) is 0. The summed E-state index contributed by atoms with van der Waals surface area (Å²) in [7, 11) is 0. The summed E-state index contributed by atoms with van der Waals surface area (Å²) in [4.78, 5) is 0. The van der Waals surface area contributed by atoms with Crippen molar-refractivity contribution in [1.29, 1.82) is 0 Å². The van der Waals surface area contributed by atoms with Gasteiger partial charge in [0.1, 0.15) is 0 Å². The van der Waals surface area contributed by atoms with E-state index in [1.807, 2.05) is 38.1 Å². The van der Waals surface area contributed by atoms with Gasteiger partial charge in [0.05, 0.1) is 0 Å². The summed E-state index contributed by atoms with van der Waals surface area (Å²) in [6.45, 7) is 6.66. The molecule has 0 radical (unpaired) electrons. The topological polar surface area (TPSA) is 0 Å². The molecule has 0 aliphatic heterocycles. The van der Waals surface area contributed by atoms with Gasteiger partial charge in [0.15, 0.2) is 0 Å². The molecule has 0 nitrogen and oxygen atoms in total. The summed E-state index contributed by atoms with van der Waals surface area (Å²) in [5, 5.41) is 0. The van der Waals surface area contributed by atoms with Crippen molar-refractivity contribution in [2.24, 2.45) is 0 Å². The van der Waals surface area contributed by atoms with Gasteiger partial charge in [-0.25, -0.2) is 4.39 Å². The van der Waals surface area contributed by atoms with Crippen molar-refractivity contribution in [3.63, 3.8) is 0 Å². The van der Waals surface area contributed by atoms with Crippen LogP contribution in [0.2, 0.25) is 0 Å². The van der Waals surface area contributed by atoms with Crippen LogP contribution in [-0.4, -0.2) is 12.4 Å². The molecule has 0 saturated heterocycles. The van der Waals surface area contributed by atoms with Crippen LogP contribution in [0.5, 0.6) is 0 Å². The van der Waals surface area contributed by atoms with E-state index in [1.54, 1.807) is 0 Å². The van der Waals surface area contributed by atoms with E-state index in [4.69, 9.17) is 0 Å². The smallest absolute Gasteiger partial charge is 0.218 e. The van der Waals surface area contributed by atoms with Gasteiger partial charge in [-0.1, -0.05) is 48.9 Å². The van der Waals surface area contributed by atoms with Crippen molar-refractivity contribution in [2.75, 3.05) is 0 Å². The lowest BCUT2D eigenvalue weighted by Gasteiger charge is -2.31. The predicted octanol–water partition coefficient (Wildman–Crippen LogP) is 7.25. The summed E-state index contributed by atoms with van der Waals surface area (Å²) in [6.07, 6.45) is -11.8. The Balaban J connectivity index is 2.46. The Morgan fingerprint density at radius 3 is 1.57 bits per heavy atom. The maximum absolute atomic E-state index is 14.3. The largest absolute Gasteiger partial charge is 0.435 e. The second-order valence-corrected chi connectivity index (χ2v) is 7.26. The quantitative estimate of drug-likeness (QED) is 0.469. The van der Waals surface area contributed by atoms with Crippen LogP contribution in [0, 0.1) is 20.8 Å². The third-order valence-electron chi connectivity index (χ3n) is 5.03. The highest BCUT2D eigenvalue weighted by Gasteiger charge is 2.73. The van der Waals surface area contributed by atoms with Crippen LogP contribution >= 0.6 is 0 Å². The van der Waals surface area contributed by atoms with Crippen LogP contribution in [0.25, 0.3) is 0 Å². The molecule has 154 valence electrons. The average molecular weight is 406 g/mol. The Hall–Kier alpha value is -2.05. The second kappa shape index (κ2) is 7.41. The molecule has 2 aromatic rings. The summed E-state index contributed by atoms with van der Waals surface area (Å²) >= 11 is 0. The zero-order chi connectivity index (χ0) is 21.5. The van der Waals surface area contributed by atoms with Crippen LogP contribution in [0.4, 0.5) is 30.7 Å². The molecule has 0 bridgehead atoms. The molecule has 0 aromatic heterocycles. The van der Waals surface area contributed by atoms with Crippen molar-refractivity contribution in [2.45, 2.75) is 58.1 Å². The molecule has 28 heavy (non-hydrogen) atoms. The third-order valence-corrected chi connectivity index (χ3v) is 5.03. The maximum atomic E-state index is 14.3. The molecule has 0 aliphatic rings. The van der Waals surface area contributed by atoms with Gasteiger partial charge < -0.3 is 0 Å². The fraction of sp³-hybridized carbons (Fsp3) is 0.429. The Labute approximate surface area is 159 Å². The molecular formula is C21H21F7. The Kier molecular flexibility index (Phi) is 5.89. The molecule has 1 unspecified atom stereocenters. The molecular weight excluding hydrogens is 385 g/mol. The van der Waals surface area contributed by atoms with Crippen molar-refractivity contribution in [3.8, 4) is 0 Å². The fourth-order valence-electron chi connectivity index (χ4n) is 3.32. The monoisotopic (exact) mass is 406 g/mol. The molecule has 0 heterocycles. The van der Waals surface area contributed by atoms with E-state index in [2.05, 4.69) is 0 Å². The maximum Gasteiger partial charge on any atom is 0.435 e. The zero-order valence-corrected chi connectivity index (χ0v) is 15.9. The van der Waals surface area contributed by atoms with Crippen LogP contribution in [-0.2, 0) is 12.1 Å². The first kappa shape index (κ1) is 22.2. The van der Waals surface area contributed by atoms with Crippen LogP contribution in [0.3, 0.4) is 0 Å². The van der Waals surface area contributed by atoms with E-state index < -0.39 is 23.6 Å². The highest BCUT2D eigenvalue weighted by atomic mass is 19.4. The fourth-order valence-corrected chi connectivity index (χ4v) is 3.32. The van der Waals surface area contributed by atoms with E-state index >= 15 is 0 Å². The van der Waals surface area contributed by atoms with E-state index in [0.29, 0.717) is 24.1 Å². The second-order valence-electron chi connectivity index (χ2n) is 7.26. The summed E-state index contributed by atoms with van der Waals surface area (Å²) in [5.74, 6) is -0.00999. The first-order valence-electron chi connectivity index (χ1n) is 8.68. The number of benzene rings is 2. The normalized spacial score (nSPS) is 14.2. The van der Waals surface area contributed by atoms with Crippen molar-refractivity contribution in [1.82, 2.24) is 0 Å². The molecule has 0 amide bonds. The van der Waals surface area contributed by atoms with Gasteiger partial charge >= 0.3 is 18.0 Å². The summed E-state index contributed by atoms with van der Waals surface area (Å²) in [6, 6.07) is 9.03. The van der Waals surface area contributed by atoms with Crippen molar-refractivity contribution in [3.05, 3.63) is 69.8 Å². The molecule has 2 rings (SSSR count).